The van der Waals surface area contributed by atoms with Gasteiger partial charge in [-0.15, -0.1) is 0 Å². The number of rotatable bonds is 6. The predicted octanol–water partition coefficient (Wildman–Crippen LogP) is 0.825. The maximum Gasteiger partial charge on any atom is 0.254 e. The second-order valence-electron chi connectivity index (χ2n) is 6.52. The van der Waals surface area contributed by atoms with Crippen molar-refractivity contribution in [1.29, 1.82) is 0 Å². The molecule has 0 atom stereocenters. The Morgan fingerprint density at radius 3 is 2.54 bits per heavy atom. The number of nitrogens with zero attached hydrogens (tertiary/aromatic N) is 4. The highest BCUT2D eigenvalue weighted by Gasteiger charge is 2.18. The Kier molecular flexibility index (Phi) is 6.01. The van der Waals surface area contributed by atoms with E-state index in [1.165, 1.54) is 0 Å². The average Bonchev–Trinajstić information content (AvgIpc) is 3.11. The summed E-state index contributed by atoms with van der Waals surface area (Å²) in [5, 5.41) is 7.21. The number of carbonyl (C=O) groups is 2. The Labute approximate surface area is 153 Å². The Hall–Kier alpha value is -2.67. The Bertz CT molecular complexity index is 735. The molecule has 3 rings (SSSR count). The van der Waals surface area contributed by atoms with Crippen molar-refractivity contribution in [3.63, 3.8) is 0 Å². The summed E-state index contributed by atoms with van der Waals surface area (Å²) in [4.78, 5) is 27.7. The molecule has 26 heavy (non-hydrogen) atoms. The van der Waals surface area contributed by atoms with E-state index in [1.807, 2.05) is 35.2 Å². The molecule has 0 unspecified atom stereocenters. The summed E-state index contributed by atoms with van der Waals surface area (Å²) in [5.74, 6) is 0.0251. The van der Waals surface area contributed by atoms with Crippen LogP contribution in [0.15, 0.2) is 42.7 Å². The number of piperazine rings is 1. The minimum absolute atomic E-state index is 0.105. The highest BCUT2D eigenvalue weighted by molar-refractivity contribution is 5.93. The SMILES string of the molecule is CC(=O)N1CCN(CCNC(=O)c2cnn(Cc3ccccc3)c2)CC1. The third-order valence-electron chi connectivity index (χ3n) is 4.61. The quantitative estimate of drug-likeness (QED) is 0.833. The van der Waals surface area contributed by atoms with Gasteiger partial charge in [-0.3, -0.25) is 19.2 Å². The first-order valence-corrected chi connectivity index (χ1v) is 8.94. The molecule has 2 amide bonds. The van der Waals surface area contributed by atoms with Crippen LogP contribution in [0.3, 0.4) is 0 Å². The summed E-state index contributed by atoms with van der Waals surface area (Å²) >= 11 is 0. The summed E-state index contributed by atoms with van der Waals surface area (Å²) in [6, 6.07) is 10.0. The lowest BCUT2D eigenvalue weighted by Gasteiger charge is -2.34. The van der Waals surface area contributed by atoms with E-state index in [4.69, 9.17) is 0 Å². The third kappa shape index (κ3) is 4.92. The minimum Gasteiger partial charge on any atom is -0.351 e. The molecule has 1 fully saturated rings. The first-order valence-electron chi connectivity index (χ1n) is 8.94. The molecule has 0 radical (unpaired) electrons. The van der Waals surface area contributed by atoms with E-state index in [9.17, 15) is 9.59 Å². The van der Waals surface area contributed by atoms with E-state index in [1.54, 1.807) is 24.0 Å². The van der Waals surface area contributed by atoms with Crippen LogP contribution in [-0.4, -0.2) is 70.7 Å². The van der Waals surface area contributed by atoms with Crippen molar-refractivity contribution in [2.24, 2.45) is 0 Å². The standard InChI is InChI=1S/C19H25N5O2/c1-16(25)23-11-9-22(10-12-23)8-7-20-19(26)18-13-21-24(15-18)14-17-5-3-2-4-6-17/h2-6,13,15H,7-12,14H2,1H3,(H,20,26). The molecule has 138 valence electrons. The van der Waals surface area contributed by atoms with E-state index >= 15 is 0 Å². The smallest absolute Gasteiger partial charge is 0.254 e. The number of hydrogen-bond donors (Lipinski definition) is 1. The van der Waals surface area contributed by atoms with E-state index in [0.29, 0.717) is 18.7 Å². The molecule has 2 heterocycles. The number of benzene rings is 1. The second-order valence-corrected chi connectivity index (χ2v) is 6.52. The van der Waals surface area contributed by atoms with Gasteiger partial charge in [0.15, 0.2) is 0 Å². The zero-order valence-corrected chi connectivity index (χ0v) is 15.1. The van der Waals surface area contributed by atoms with Crippen molar-refractivity contribution in [1.82, 2.24) is 24.9 Å². The molecule has 1 N–H and O–H groups in total. The molecule has 0 bridgehead atoms. The van der Waals surface area contributed by atoms with Crippen molar-refractivity contribution in [2.75, 3.05) is 39.3 Å². The lowest BCUT2D eigenvalue weighted by atomic mass is 10.2. The molecule has 1 aliphatic rings. The first kappa shape index (κ1) is 18.1. The molecule has 1 aromatic carbocycles. The van der Waals surface area contributed by atoms with Crippen LogP contribution in [0.4, 0.5) is 0 Å². The van der Waals surface area contributed by atoms with Crippen LogP contribution < -0.4 is 5.32 Å². The fraction of sp³-hybridized carbons (Fsp3) is 0.421. The summed E-state index contributed by atoms with van der Waals surface area (Å²) in [5.41, 5.74) is 1.72. The fourth-order valence-corrected chi connectivity index (χ4v) is 3.05. The Morgan fingerprint density at radius 2 is 1.85 bits per heavy atom. The maximum atomic E-state index is 12.3. The summed E-state index contributed by atoms with van der Waals surface area (Å²) in [6.07, 6.45) is 3.37. The van der Waals surface area contributed by atoms with Gasteiger partial charge in [0.1, 0.15) is 0 Å². The van der Waals surface area contributed by atoms with Gasteiger partial charge in [-0.05, 0) is 5.56 Å². The minimum atomic E-state index is -0.105. The molecule has 1 aliphatic heterocycles. The number of aromatic nitrogens is 2. The molecule has 7 heteroatoms. The molecular formula is C19H25N5O2. The zero-order chi connectivity index (χ0) is 18.4. The molecular weight excluding hydrogens is 330 g/mol. The largest absolute Gasteiger partial charge is 0.351 e. The van der Waals surface area contributed by atoms with Gasteiger partial charge in [0.05, 0.1) is 18.3 Å². The van der Waals surface area contributed by atoms with E-state index in [2.05, 4.69) is 15.3 Å². The summed E-state index contributed by atoms with van der Waals surface area (Å²) < 4.78 is 1.77. The van der Waals surface area contributed by atoms with Crippen LogP contribution >= 0.6 is 0 Å². The van der Waals surface area contributed by atoms with Crippen LogP contribution in [0, 0.1) is 0 Å². The molecule has 0 aliphatic carbocycles. The van der Waals surface area contributed by atoms with Gasteiger partial charge in [0.2, 0.25) is 5.91 Å². The van der Waals surface area contributed by atoms with Gasteiger partial charge < -0.3 is 10.2 Å². The number of nitrogens with one attached hydrogen (secondary N) is 1. The van der Waals surface area contributed by atoms with Crippen molar-refractivity contribution >= 4 is 11.8 Å². The monoisotopic (exact) mass is 355 g/mol. The van der Waals surface area contributed by atoms with Crippen LogP contribution in [0.2, 0.25) is 0 Å². The van der Waals surface area contributed by atoms with Crippen LogP contribution in [0.5, 0.6) is 0 Å². The molecule has 2 aromatic rings. The van der Waals surface area contributed by atoms with Gasteiger partial charge in [-0.25, -0.2) is 0 Å². The van der Waals surface area contributed by atoms with Crippen molar-refractivity contribution in [3.05, 3.63) is 53.9 Å². The van der Waals surface area contributed by atoms with E-state index in [0.717, 1.165) is 38.3 Å². The Morgan fingerprint density at radius 1 is 1.12 bits per heavy atom. The van der Waals surface area contributed by atoms with Gasteiger partial charge in [-0.2, -0.15) is 5.10 Å². The second kappa shape index (κ2) is 8.62. The molecule has 1 aromatic heterocycles. The van der Waals surface area contributed by atoms with E-state index < -0.39 is 0 Å². The average molecular weight is 355 g/mol. The van der Waals surface area contributed by atoms with Crippen LogP contribution in [0.1, 0.15) is 22.8 Å². The summed E-state index contributed by atoms with van der Waals surface area (Å²) in [7, 11) is 0. The number of hydrogen-bond acceptors (Lipinski definition) is 4. The first-order chi connectivity index (χ1) is 12.6. The zero-order valence-electron chi connectivity index (χ0n) is 15.1. The van der Waals surface area contributed by atoms with Crippen LogP contribution in [-0.2, 0) is 11.3 Å². The summed E-state index contributed by atoms with van der Waals surface area (Å²) in [6.45, 7) is 6.85. The predicted molar refractivity (Wildman–Crippen MR) is 98.8 cm³/mol. The lowest BCUT2D eigenvalue weighted by Crippen LogP contribution is -2.49. The molecule has 1 saturated heterocycles. The van der Waals surface area contributed by atoms with Gasteiger partial charge in [0.25, 0.3) is 5.91 Å². The fourth-order valence-electron chi connectivity index (χ4n) is 3.05. The Balaban J connectivity index is 1.41. The van der Waals surface area contributed by atoms with Gasteiger partial charge in [0, 0.05) is 52.4 Å². The highest BCUT2D eigenvalue weighted by Crippen LogP contribution is 2.04. The number of amides is 2. The van der Waals surface area contributed by atoms with Crippen LogP contribution in [0.25, 0.3) is 0 Å². The lowest BCUT2D eigenvalue weighted by molar-refractivity contribution is -0.130. The highest BCUT2D eigenvalue weighted by atomic mass is 16.2. The van der Waals surface area contributed by atoms with Crippen molar-refractivity contribution in [2.45, 2.75) is 13.5 Å². The van der Waals surface area contributed by atoms with Gasteiger partial charge in [-0.1, -0.05) is 30.3 Å². The van der Waals surface area contributed by atoms with Gasteiger partial charge >= 0.3 is 0 Å². The van der Waals surface area contributed by atoms with Crippen molar-refractivity contribution < 1.29 is 9.59 Å². The topological polar surface area (TPSA) is 70.5 Å². The normalized spacial score (nSPS) is 15.0. The molecule has 7 nitrogen and oxygen atoms in total. The third-order valence-corrected chi connectivity index (χ3v) is 4.61. The molecule has 0 saturated carbocycles. The number of carbonyl (C=O) groups excluding carboxylic acids is 2. The van der Waals surface area contributed by atoms with Crippen molar-refractivity contribution in [3.8, 4) is 0 Å². The molecule has 0 spiro atoms. The van der Waals surface area contributed by atoms with E-state index in [-0.39, 0.29) is 11.8 Å². The maximum absolute atomic E-state index is 12.3.